The van der Waals surface area contributed by atoms with Gasteiger partial charge in [-0.1, -0.05) is 12.8 Å². The zero-order valence-corrected chi connectivity index (χ0v) is 7.79. The first-order valence-electron chi connectivity index (χ1n) is 4.46. The van der Waals surface area contributed by atoms with E-state index in [1.165, 1.54) is 12.8 Å². The maximum absolute atomic E-state index is 8.87. The van der Waals surface area contributed by atoms with Crippen molar-refractivity contribution in [1.29, 1.82) is 5.26 Å². The smallest absolute Gasteiger partial charge is 0.0673 e. The van der Waals surface area contributed by atoms with Crippen LogP contribution in [0.25, 0.3) is 0 Å². The molecule has 0 aromatic carbocycles. The predicted octanol–water partition coefficient (Wildman–Crippen LogP) is 1.56. The van der Waals surface area contributed by atoms with Crippen LogP contribution in [-0.4, -0.2) is 25.3 Å². The van der Waals surface area contributed by atoms with Crippen LogP contribution in [0.2, 0.25) is 0 Å². The molecule has 0 N–H and O–H groups in total. The number of nitrogens with zero attached hydrogens (tertiary/aromatic N) is 2. The zero-order chi connectivity index (χ0) is 8.97. The quantitative estimate of drug-likeness (QED) is 0.587. The number of hydrogen-bond donors (Lipinski definition) is 0. The molecule has 0 saturated heterocycles. The van der Waals surface area contributed by atoms with Gasteiger partial charge < -0.3 is 4.84 Å². The van der Waals surface area contributed by atoms with Crippen LogP contribution in [0.4, 0.5) is 0 Å². The van der Waals surface area contributed by atoms with Crippen molar-refractivity contribution in [3.63, 3.8) is 0 Å². The van der Waals surface area contributed by atoms with Crippen molar-refractivity contribution in [2.75, 3.05) is 14.2 Å². The van der Waals surface area contributed by atoms with Crippen LogP contribution in [-0.2, 0) is 4.84 Å². The molecule has 2 unspecified atom stereocenters. The summed E-state index contributed by atoms with van der Waals surface area (Å²) >= 11 is 0. The van der Waals surface area contributed by atoms with Crippen molar-refractivity contribution in [3.05, 3.63) is 0 Å². The summed E-state index contributed by atoms with van der Waals surface area (Å²) in [6.45, 7) is 0. The molecule has 68 valence electrons. The van der Waals surface area contributed by atoms with Crippen molar-refractivity contribution < 1.29 is 4.84 Å². The van der Waals surface area contributed by atoms with Crippen molar-refractivity contribution in [2.45, 2.75) is 31.7 Å². The van der Waals surface area contributed by atoms with Gasteiger partial charge in [0.15, 0.2) is 0 Å². The van der Waals surface area contributed by atoms with Gasteiger partial charge in [-0.25, -0.2) is 0 Å². The fourth-order valence-corrected chi connectivity index (χ4v) is 1.83. The molecule has 0 aromatic rings. The minimum Gasteiger partial charge on any atom is -0.302 e. The fraction of sp³-hybridized carbons (Fsp3) is 0.889. The molecule has 2 atom stereocenters. The maximum atomic E-state index is 8.87. The van der Waals surface area contributed by atoms with Crippen LogP contribution in [0.3, 0.4) is 0 Å². The van der Waals surface area contributed by atoms with Gasteiger partial charge in [0, 0.05) is 7.05 Å². The molecule has 0 amide bonds. The Hall–Kier alpha value is -0.590. The third-order valence-corrected chi connectivity index (χ3v) is 2.65. The van der Waals surface area contributed by atoms with Crippen LogP contribution in [0.15, 0.2) is 0 Å². The number of hydrogen-bond acceptors (Lipinski definition) is 3. The summed E-state index contributed by atoms with van der Waals surface area (Å²) in [5.74, 6) is 0.156. The predicted molar refractivity (Wildman–Crippen MR) is 46.1 cm³/mol. The highest BCUT2D eigenvalue weighted by Crippen LogP contribution is 2.27. The average Bonchev–Trinajstić information content (AvgIpc) is 2.16. The second kappa shape index (κ2) is 4.44. The SMILES string of the molecule is CON(C)C1CCCCC1C#N. The lowest BCUT2D eigenvalue weighted by Crippen LogP contribution is -2.38. The first kappa shape index (κ1) is 9.50. The van der Waals surface area contributed by atoms with E-state index in [2.05, 4.69) is 6.07 Å². The van der Waals surface area contributed by atoms with Gasteiger partial charge in [-0.3, -0.25) is 0 Å². The summed E-state index contributed by atoms with van der Waals surface area (Å²) in [6, 6.07) is 2.65. The largest absolute Gasteiger partial charge is 0.302 e. The normalized spacial score (nSPS) is 30.2. The van der Waals surface area contributed by atoms with Gasteiger partial charge in [0.2, 0.25) is 0 Å². The molecular formula is C9H16N2O. The Labute approximate surface area is 73.9 Å². The standard InChI is InChI=1S/C9H16N2O/c1-11(12-2)9-6-4-3-5-8(9)7-10/h8-9H,3-6H2,1-2H3. The van der Waals surface area contributed by atoms with E-state index in [1.54, 1.807) is 7.11 Å². The van der Waals surface area contributed by atoms with E-state index >= 15 is 0 Å². The molecule has 0 heterocycles. The lowest BCUT2D eigenvalue weighted by atomic mass is 9.85. The summed E-state index contributed by atoms with van der Waals surface area (Å²) < 4.78 is 0. The fourth-order valence-electron chi connectivity index (χ4n) is 1.83. The van der Waals surface area contributed by atoms with Crippen molar-refractivity contribution >= 4 is 0 Å². The Morgan fingerprint density at radius 3 is 2.67 bits per heavy atom. The monoisotopic (exact) mass is 168 g/mol. The molecule has 12 heavy (non-hydrogen) atoms. The topological polar surface area (TPSA) is 36.3 Å². The van der Waals surface area contributed by atoms with Gasteiger partial charge in [0.05, 0.1) is 25.1 Å². The molecule has 0 spiro atoms. The van der Waals surface area contributed by atoms with Crippen LogP contribution in [0, 0.1) is 17.2 Å². The summed E-state index contributed by atoms with van der Waals surface area (Å²) in [6.07, 6.45) is 4.51. The van der Waals surface area contributed by atoms with E-state index in [0.717, 1.165) is 12.8 Å². The third kappa shape index (κ3) is 1.96. The van der Waals surface area contributed by atoms with Gasteiger partial charge in [-0.05, 0) is 12.8 Å². The molecule has 3 heteroatoms. The molecule has 0 bridgehead atoms. The molecule has 1 aliphatic carbocycles. The van der Waals surface area contributed by atoms with Crippen molar-refractivity contribution in [1.82, 2.24) is 5.06 Å². The molecular weight excluding hydrogens is 152 g/mol. The summed E-state index contributed by atoms with van der Waals surface area (Å²) in [5.41, 5.74) is 0. The van der Waals surface area contributed by atoms with Crippen LogP contribution in [0.5, 0.6) is 0 Å². The minimum atomic E-state index is 0.156. The van der Waals surface area contributed by atoms with Crippen LogP contribution in [0.1, 0.15) is 25.7 Å². The first-order chi connectivity index (χ1) is 5.79. The van der Waals surface area contributed by atoms with Gasteiger partial charge in [-0.15, -0.1) is 0 Å². The Morgan fingerprint density at radius 1 is 1.42 bits per heavy atom. The molecule has 0 aliphatic heterocycles. The van der Waals surface area contributed by atoms with Gasteiger partial charge in [0.25, 0.3) is 0 Å². The minimum absolute atomic E-state index is 0.156. The van der Waals surface area contributed by atoms with E-state index in [-0.39, 0.29) is 5.92 Å². The summed E-state index contributed by atoms with van der Waals surface area (Å²) in [7, 11) is 3.56. The molecule has 1 aliphatic rings. The van der Waals surface area contributed by atoms with E-state index in [4.69, 9.17) is 10.1 Å². The molecule has 0 aromatic heterocycles. The van der Waals surface area contributed by atoms with E-state index in [1.807, 2.05) is 12.1 Å². The molecule has 1 rings (SSSR count). The van der Waals surface area contributed by atoms with Crippen LogP contribution < -0.4 is 0 Å². The lowest BCUT2D eigenvalue weighted by Gasteiger charge is -2.32. The molecule has 1 fully saturated rings. The maximum Gasteiger partial charge on any atom is 0.0673 e. The second-order valence-corrected chi connectivity index (χ2v) is 3.32. The van der Waals surface area contributed by atoms with Crippen molar-refractivity contribution in [2.24, 2.45) is 5.92 Å². The highest BCUT2D eigenvalue weighted by atomic mass is 16.7. The third-order valence-electron chi connectivity index (χ3n) is 2.65. The Bertz CT molecular complexity index is 176. The Morgan fingerprint density at radius 2 is 2.08 bits per heavy atom. The average molecular weight is 168 g/mol. The number of nitriles is 1. The van der Waals surface area contributed by atoms with Gasteiger partial charge in [0.1, 0.15) is 0 Å². The number of hydroxylamine groups is 2. The molecule has 1 saturated carbocycles. The highest BCUT2D eigenvalue weighted by molar-refractivity contribution is 4.93. The van der Waals surface area contributed by atoms with E-state index in [0.29, 0.717) is 6.04 Å². The zero-order valence-electron chi connectivity index (χ0n) is 7.79. The van der Waals surface area contributed by atoms with E-state index in [9.17, 15) is 0 Å². The highest BCUT2D eigenvalue weighted by Gasteiger charge is 2.28. The van der Waals surface area contributed by atoms with Crippen molar-refractivity contribution in [3.8, 4) is 6.07 Å². The van der Waals surface area contributed by atoms with Crippen LogP contribution >= 0.6 is 0 Å². The summed E-state index contributed by atoms with van der Waals surface area (Å²) in [4.78, 5) is 5.10. The molecule has 0 radical (unpaired) electrons. The lowest BCUT2D eigenvalue weighted by molar-refractivity contribution is -0.155. The molecule has 3 nitrogen and oxygen atoms in total. The Kier molecular flexibility index (Phi) is 3.51. The second-order valence-electron chi connectivity index (χ2n) is 3.32. The van der Waals surface area contributed by atoms with Gasteiger partial charge >= 0.3 is 0 Å². The first-order valence-corrected chi connectivity index (χ1v) is 4.46. The number of rotatable bonds is 2. The summed E-state index contributed by atoms with van der Waals surface area (Å²) in [5, 5.41) is 10.7. The van der Waals surface area contributed by atoms with Gasteiger partial charge in [-0.2, -0.15) is 10.3 Å². The Balaban J connectivity index is 2.53. The van der Waals surface area contributed by atoms with E-state index < -0.39 is 0 Å².